The maximum absolute atomic E-state index is 11.6. The maximum Gasteiger partial charge on any atom is 0.320 e. The molecule has 0 aromatic heterocycles. The average Bonchev–Trinajstić information content (AvgIpc) is 2.81. The van der Waals surface area contributed by atoms with Gasteiger partial charge in [-0.25, -0.2) is 0 Å². The van der Waals surface area contributed by atoms with Gasteiger partial charge in [-0.05, 0) is 32.1 Å². The van der Waals surface area contributed by atoms with Crippen molar-refractivity contribution in [3.8, 4) is 0 Å². The van der Waals surface area contributed by atoms with Gasteiger partial charge in [0, 0.05) is 25.2 Å². The van der Waals surface area contributed by atoms with E-state index in [0.29, 0.717) is 31.2 Å². The van der Waals surface area contributed by atoms with Crippen LogP contribution >= 0.6 is 0 Å². The number of rotatable bonds is 5. The predicted octanol–water partition coefficient (Wildman–Crippen LogP) is 1.79. The van der Waals surface area contributed by atoms with E-state index in [-0.39, 0.29) is 5.97 Å². The third-order valence-electron chi connectivity index (χ3n) is 4.22. The highest BCUT2D eigenvalue weighted by atomic mass is 16.5. The molecule has 1 saturated carbocycles. The quantitative estimate of drug-likeness (QED) is 0.772. The smallest absolute Gasteiger partial charge is 0.320 e. The highest BCUT2D eigenvalue weighted by Gasteiger charge is 2.28. The molecular formula is C15H28N2O2. The molecule has 19 heavy (non-hydrogen) atoms. The molecule has 1 saturated heterocycles. The monoisotopic (exact) mass is 268 g/mol. The van der Waals surface area contributed by atoms with E-state index in [2.05, 4.69) is 17.1 Å². The van der Waals surface area contributed by atoms with Crippen LogP contribution in [0.15, 0.2) is 0 Å². The molecule has 0 spiro atoms. The molecule has 1 aliphatic heterocycles. The molecule has 4 nitrogen and oxygen atoms in total. The van der Waals surface area contributed by atoms with Crippen LogP contribution < -0.4 is 5.32 Å². The summed E-state index contributed by atoms with van der Waals surface area (Å²) in [6.07, 6.45) is 6.61. The normalized spacial score (nSPS) is 29.6. The van der Waals surface area contributed by atoms with Crippen molar-refractivity contribution in [2.24, 2.45) is 5.92 Å². The Balaban J connectivity index is 1.79. The Bertz CT molecular complexity index is 290. The number of nitrogens with one attached hydrogen (secondary N) is 1. The second kappa shape index (κ2) is 7.25. The minimum atomic E-state index is -0.0868. The van der Waals surface area contributed by atoms with E-state index in [0.717, 1.165) is 13.1 Å². The molecule has 0 radical (unpaired) electrons. The Hall–Kier alpha value is -0.610. The van der Waals surface area contributed by atoms with Crippen molar-refractivity contribution in [1.29, 1.82) is 0 Å². The number of esters is 1. The molecule has 4 heteroatoms. The van der Waals surface area contributed by atoms with Crippen LogP contribution in [0.3, 0.4) is 0 Å². The molecule has 0 bridgehead atoms. The number of carbonyl (C=O) groups excluding carboxylic acids is 1. The lowest BCUT2D eigenvalue weighted by molar-refractivity contribution is -0.144. The van der Waals surface area contributed by atoms with Crippen LogP contribution in [0.25, 0.3) is 0 Å². The van der Waals surface area contributed by atoms with Crippen LogP contribution in [0.1, 0.15) is 46.0 Å². The molecule has 2 rings (SSSR count). The Morgan fingerprint density at radius 1 is 1.26 bits per heavy atom. The minimum absolute atomic E-state index is 0.0868. The van der Waals surface area contributed by atoms with Crippen molar-refractivity contribution in [3.63, 3.8) is 0 Å². The first-order chi connectivity index (χ1) is 9.17. The number of hydrogen-bond acceptors (Lipinski definition) is 4. The third kappa shape index (κ3) is 4.77. The molecule has 0 aromatic rings. The molecule has 2 fully saturated rings. The summed E-state index contributed by atoms with van der Waals surface area (Å²) >= 11 is 0. The molecular weight excluding hydrogens is 240 g/mol. The van der Waals surface area contributed by atoms with Crippen LogP contribution in [0.5, 0.6) is 0 Å². The molecule has 2 atom stereocenters. The van der Waals surface area contributed by atoms with E-state index in [9.17, 15) is 4.79 Å². The van der Waals surface area contributed by atoms with Gasteiger partial charge in [-0.3, -0.25) is 9.69 Å². The van der Waals surface area contributed by atoms with Gasteiger partial charge in [0.1, 0.15) is 0 Å². The Labute approximate surface area is 116 Å². The number of likely N-dealkylation sites (tertiary alicyclic amines) is 1. The van der Waals surface area contributed by atoms with Crippen LogP contribution in [0.4, 0.5) is 0 Å². The fourth-order valence-corrected chi connectivity index (χ4v) is 3.53. The highest BCUT2D eigenvalue weighted by Crippen LogP contribution is 2.22. The summed E-state index contributed by atoms with van der Waals surface area (Å²) in [5.74, 6) is 0.568. The number of hydrogen-bond donors (Lipinski definition) is 1. The van der Waals surface area contributed by atoms with Gasteiger partial charge in [-0.15, -0.1) is 0 Å². The number of nitrogens with zero attached hydrogens (tertiary/aromatic N) is 1. The van der Waals surface area contributed by atoms with Gasteiger partial charge < -0.3 is 10.1 Å². The fraction of sp³-hybridized carbons (Fsp3) is 0.933. The summed E-state index contributed by atoms with van der Waals surface area (Å²) in [5.41, 5.74) is 0. The van der Waals surface area contributed by atoms with E-state index in [1.54, 1.807) is 0 Å². The Morgan fingerprint density at radius 3 is 2.68 bits per heavy atom. The lowest BCUT2D eigenvalue weighted by atomic mass is 9.95. The van der Waals surface area contributed by atoms with Crippen LogP contribution in [-0.4, -0.2) is 49.2 Å². The third-order valence-corrected chi connectivity index (χ3v) is 4.22. The summed E-state index contributed by atoms with van der Waals surface area (Å²) in [6, 6.07) is 1.25. The van der Waals surface area contributed by atoms with Gasteiger partial charge in [-0.2, -0.15) is 0 Å². The first kappa shape index (κ1) is 14.8. The minimum Gasteiger partial charge on any atom is -0.465 e. The van der Waals surface area contributed by atoms with Crippen molar-refractivity contribution in [2.75, 3.05) is 26.2 Å². The van der Waals surface area contributed by atoms with Gasteiger partial charge in [0.25, 0.3) is 0 Å². The zero-order valence-electron chi connectivity index (χ0n) is 12.4. The van der Waals surface area contributed by atoms with E-state index >= 15 is 0 Å². The van der Waals surface area contributed by atoms with Gasteiger partial charge in [0.05, 0.1) is 13.2 Å². The maximum atomic E-state index is 11.6. The lowest BCUT2D eigenvalue weighted by Gasteiger charge is -2.37. The summed E-state index contributed by atoms with van der Waals surface area (Å²) in [4.78, 5) is 13.8. The lowest BCUT2D eigenvalue weighted by Crippen LogP contribution is -2.52. The van der Waals surface area contributed by atoms with E-state index in [1.807, 2.05) is 6.92 Å². The summed E-state index contributed by atoms with van der Waals surface area (Å²) in [7, 11) is 0. The molecule has 1 heterocycles. The van der Waals surface area contributed by atoms with Crippen molar-refractivity contribution in [3.05, 3.63) is 0 Å². The van der Waals surface area contributed by atoms with Crippen LogP contribution in [0.2, 0.25) is 0 Å². The van der Waals surface area contributed by atoms with E-state index in [1.165, 1.54) is 32.1 Å². The van der Waals surface area contributed by atoms with Crippen molar-refractivity contribution < 1.29 is 9.53 Å². The molecule has 2 aliphatic rings. The summed E-state index contributed by atoms with van der Waals surface area (Å²) < 4.78 is 5.05. The van der Waals surface area contributed by atoms with Crippen LogP contribution in [0, 0.1) is 5.92 Å². The first-order valence-electron chi connectivity index (χ1n) is 7.81. The molecule has 2 unspecified atom stereocenters. The Morgan fingerprint density at radius 2 is 2.00 bits per heavy atom. The van der Waals surface area contributed by atoms with Crippen molar-refractivity contribution >= 4 is 5.97 Å². The van der Waals surface area contributed by atoms with Crippen molar-refractivity contribution in [1.82, 2.24) is 10.2 Å². The second-order valence-corrected chi connectivity index (χ2v) is 6.18. The predicted molar refractivity (Wildman–Crippen MR) is 76.0 cm³/mol. The molecule has 0 amide bonds. The molecule has 110 valence electrons. The van der Waals surface area contributed by atoms with Crippen molar-refractivity contribution in [2.45, 2.75) is 58.0 Å². The molecule has 1 N–H and O–H groups in total. The standard InChI is InChI=1S/C15H28N2O2/c1-3-19-15(18)11-17-9-12(2)8-14(10-17)16-13-6-4-5-7-13/h12-14,16H,3-11H2,1-2H3. The zero-order chi connectivity index (χ0) is 13.7. The van der Waals surface area contributed by atoms with Gasteiger partial charge in [0.15, 0.2) is 0 Å². The van der Waals surface area contributed by atoms with Gasteiger partial charge >= 0.3 is 5.97 Å². The van der Waals surface area contributed by atoms with Gasteiger partial charge in [0.2, 0.25) is 0 Å². The molecule has 1 aliphatic carbocycles. The SMILES string of the molecule is CCOC(=O)CN1CC(C)CC(NC2CCCC2)C1. The topological polar surface area (TPSA) is 41.6 Å². The summed E-state index contributed by atoms with van der Waals surface area (Å²) in [6.45, 7) is 7.07. The largest absolute Gasteiger partial charge is 0.465 e. The summed E-state index contributed by atoms with van der Waals surface area (Å²) in [5, 5.41) is 3.79. The average molecular weight is 268 g/mol. The first-order valence-corrected chi connectivity index (χ1v) is 7.81. The second-order valence-electron chi connectivity index (χ2n) is 6.18. The fourth-order valence-electron chi connectivity index (χ4n) is 3.53. The number of piperidine rings is 1. The highest BCUT2D eigenvalue weighted by molar-refractivity contribution is 5.71. The van der Waals surface area contributed by atoms with Gasteiger partial charge in [-0.1, -0.05) is 19.8 Å². The number of carbonyl (C=O) groups is 1. The van der Waals surface area contributed by atoms with Crippen LogP contribution in [-0.2, 0) is 9.53 Å². The number of ether oxygens (including phenoxy) is 1. The van der Waals surface area contributed by atoms with E-state index in [4.69, 9.17) is 4.74 Å². The molecule has 0 aromatic carbocycles. The van der Waals surface area contributed by atoms with E-state index < -0.39 is 0 Å². The zero-order valence-corrected chi connectivity index (χ0v) is 12.4. The Kier molecular flexibility index (Phi) is 5.64.